The molecule has 4 nitrogen and oxygen atoms in total. The molecule has 0 saturated carbocycles. The molecule has 0 aliphatic carbocycles. The molecular weight excluding hydrogens is 322 g/mol. The Labute approximate surface area is 158 Å². The van der Waals surface area contributed by atoms with Crippen LogP contribution in [0.25, 0.3) is 0 Å². The molecule has 1 aliphatic heterocycles. The highest BCUT2D eigenvalue weighted by Crippen LogP contribution is 2.22. The topological polar surface area (TPSA) is 56.1 Å². The predicted molar refractivity (Wildman–Crippen MR) is 105 cm³/mol. The average Bonchev–Trinajstić information content (AvgIpc) is 2.64. The van der Waals surface area contributed by atoms with Crippen molar-refractivity contribution in [1.29, 1.82) is 5.26 Å². The van der Waals surface area contributed by atoms with Crippen molar-refractivity contribution in [2.45, 2.75) is 58.9 Å². The van der Waals surface area contributed by atoms with Crippen molar-refractivity contribution in [2.75, 3.05) is 19.6 Å². The lowest BCUT2D eigenvalue weighted by Crippen LogP contribution is -2.35. The number of nitriles is 1. The maximum atomic E-state index is 11.9. The van der Waals surface area contributed by atoms with Crippen molar-refractivity contribution in [3.8, 4) is 6.07 Å². The maximum Gasteiger partial charge on any atom is 0.220 e. The van der Waals surface area contributed by atoms with E-state index in [-0.39, 0.29) is 5.91 Å². The van der Waals surface area contributed by atoms with E-state index in [2.05, 4.69) is 36.2 Å². The van der Waals surface area contributed by atoms with Gasteiger partial charge in [-0.05, 0) is 55.8 Å². The Hall–Kier alpha value is -1.86. The highest BCUT2D eigenvalue weighted by Gasteiger charge is 2.20. The molecule has 1 aromatic rings. The molecule has 1 fully saturated rings. The van der Waals surface area contributed by atoms with Gasteiger partial charge in [0, 0.05) is 19.5 Å². The van der Waals surface area contributed by atoms with Crippen LogP contribution in [0, 0.1) is 23.2 Å². The predicted octanol–water partition coefficient (Wildman–Crippen LogP) is 4.10. The molecule has 0 aromatic heterocycles. The number of amides is 1. The van der Waals surface area contributed by atoms with Gasteiger partial charge in [-0.15, -0.1) is 0 Å². The quantitative estimate of drug-likeness (QED) is 0.725. The molecule has 0 radical (unpaired) electrons. The summed E-state index contributed by atoms with van der Waals surface area (Å²) in [7, 11) is 0. The van der Waals surface area contributed by atoms with Crippen LogP contribution in [-0.4, -0.2) is 30.4 Å². The number of carbonyl (C=O) groups is 1. The third-order valence-corrected chi connectivity index (χ3v) is 5.43. The molecule has 1 saturated heterocycles. The number of nitrogens with one attached hydrogen (secondary N) is 1. The molecule has 1 aromatic carbocycles. The molecule has 0 bridgehead atoms. The van der Waals surface area contributed by atoms with E-state index < -0.39 is 0 Å². The van der Waals surface area contributed by atoms with Gasteiger partial charge in [0.2, 0.25) is 5.91 Å². The number of rotatable bonds is 9. The van der Waals surface area contributed by atoms with Crippen molar-refractivity contribution in [2.24, 2.45) is 11.8 Å². The fourth-order valence-corrected chi connectivity index (χ4v) is 3.84. The number of likely N-dealkylation sites (tertiary alicyclic amines) is 1. The van der Waals surface area contributed by atoms with Crippen molar-refractivity contribution in [3.05, 3.63) is 35.4 Å². The normalized spacial score (nSPS) is 16.8. The fraction of sp³-hybridized carbons (Fsp3) is 0.636. The highest BCUT2D eigenvalue weighted by molar-refractivity contribution is 5.76. The summed E-state index contributed by atoms with van der Waals surface area (Å²) in [6.45, 7) is 8.14. The monoisotopic (exact) mass is 355 g/mol. The van der Waals surface area contributed by atoms with Crippen LogP contribution in [0.5, 0.6) is 0 Å². The number of carbonyl (C=O) groups excluding carboxylic acids is 1. The second-order valence-corrected chi connectivity index (χ2v) is 7.73. The first kappa shape index (κ1) is 20.5. The maximum absolute atomic E-state index is 11.9. The summed E-state index contributed by atoms with van der Waals surface area (Å²) in [5, 5.41) is 12.3. The van der Waals surface area contributed by atoms with Crippen LogP contribution in [0.15, 0.2) is 24.3 Å². The molecule has 0 spiro atoms. The summed E-state index contributed by atoms with van der Waals surface area (Å²) in [4.78, 5) is 14.4. The number of hydrogen-bond acceptors (Lipinski definition) is 3. The van der Waals surface area contributed by atoms with E-state index in [1.165, 1.54) is 12.8 Å². The molecule has 142 valence electrons. The van der Waals surface area contributed by atoms with Gasteiger partial charge in [-0.3, -0.25) is 9.69 Å². The van der Waals surface area contributed by atoms with Gasteiger partial charge in [0.05, 0.1) is 11.6 Å². The highest BCUT2D eigenvalue weighted by atomic mass is 16.1. The molecule has 1 unspecified atom stereocenters. The summed E-state index contributed by atoms with van der Waals surface area (Å²) in [5.74, 6) is 1.39. The van der Waals surface area contributed by atoms with Gasteiger partial charge in [-0.1, -0.05) is 44.9 Å². The minimum Gasteiger partial charge on any atom is -0.356 e. The molecule has 1 aliphatic rings. The van der Waals surface area contributed by atoms with Gasteiger partial charge in [0.1, 0.15) is 0 Å². The largest absolute Gasteiger partial charge is 0.356 e. The van der Waals surface area contributed by atoms with Crippen LogP contribution in [0.2, 0.25) is 0 Å². The zero-order valence-electron chi connectivity index (χ0n) is 16.3. The first-order valence-corrected chi connectivity index (χ1v) is 10.1. The Morgan fingerprint density at radius 1 is 1.35 bits per heavy atom. The summed E-state index contributed by atoms with van der Waals surface area (Å²) in [5.41, 5.74) is 1.91. The smallest absolute Gasteiger partial charge is 0.220 e. The Balaban J connectivity index is 1.64. The Bertz CT molecular complexity index is 600. The first-order valence-electron chi connectivity index (χ1n) is 10.1. The number of hydrogen-bond donors (Lipinski definition) is 1. The van der Waals surface area contributed by atoms with Crippen LogP contribution in [0.1, 0.15) is 63.5 Å². The van der Waals surface area contributed by atoms with Gasteiger partial charge in [0.15, 0.2) is 0 Å². The lowest BCUT2D eigenvalue weighted by Gasteiger charge is -2.32. The summed E-state index contributed by atoms with van der Waals surface area (Å²) in [6, 6.07) is 10.2. The summed E-state index contributed by atoms with van der Waals surface area (Å²) < 4.78 is 0. The third-order valence-electron chi connectivity index (χ3n) is 5.43. The molecular formula is C22H33N3O. The summed E-state index contributed by atoms with van der Waals surface area (Å²) >= 11 is 0. The van der Waals surface area contributed by atoms with Gasteiger partial charge in [-0.2, -0.15) is 5.26 Å². The number of benzene rings is 1. The van der Waals surface area contributed by atoms with Crippen LogP contribution in [-0.2, 0) is 11.3 Å². The SMILES string of the molecule is CCCC(C)CC(=O)NCCC1CCN(Cc2ccccc2C#N)CC1. The van der Waals surface area contributed by atoms with E-state index in [1.54, 1.807) is 0 Å². The van der Waals surface area contributed by atoms with E-state index in [1.807, 2.05) is 18.2 Å². The molecule has 26 heavy (non-hydrogen) atoms. The Morgan fingerprint density at radius 3 is 2.77 bits per heavy atom. The molecule has 2 rings (SSSR count). The molecule has 1 amide bonds. The van der Waals surface area contributed by atoms with Crippen LogP contribution in [0.3, 0.4) is 0 Å². The lowest BCUT2D eigenvalue weighted by atomic mass is 9.93. The van der Waals surface area contributed by atoms with Crippen molar-refractivity contribution < 1.29 is 4.79 Å². The van der Waals surface area contributed by atoms with Crippen molar-refractivity contribution >= 4 is 5.91 Å². The third kappa shape index (κ3) is 6.80. The van der Waals surface area contributed by atoms with E-state index in [4.69, 9.17) is 0 Å². The zero-order chi connectivity index (χ0) is 18.8. The van der Waals surface area contributed by atoms with E-state index in [9.17, 15) is 10.1 Å². The van der Waals surface area contributed by atoms with E-state index in [0.29, 0.717) is 18.3 Å². The summed E-state index contributed by atoms with van der Waals surface area (Å²) in [6.07, 6.45) is 6.36. The number of nitrogens with zero attached hydrogens (tertiary/aromatic N) is 2. The van der Waals surface area contributed by atoms with Gasteiger partial charge >= 0.3 is 0 Å². The molecule has 1 N–H and O–H groups in total. The molecule has 1 heterocycles. The number of piperidine rings is 1. The Kier molecular flexibility index (Phi) is 8.64. The molecule has 1 atom stereocenters. The van der Waals surface area contributed by atoms with Crippen molar-refractivity contribution in [1.82, 2.24) is 10.2 Å². The van der Waals surface area contributed by atoms with Gasteiger partial charge in [0.25, 0.3) is 0 Å². The van der Waals surface area contributed by atoms with E-state index >= 15 is 0 Å². The minimum atomic E-state index is 0.205. The van der Waals surface area contributed by atoms with Crippen LogP contribution < -0.4 is 5.32 Å². The second-order valence-electron chi connectivity index (χ2n) is 7.73. The van der Waals surface area contributed by atoms with Gasteiger partial charge < -0.3 is 5.32 Å². The lowest BCUT2D eigenvalue weighted by molar-refractivity contribution is -0.122. The zero-order valence-corrected chi connectivity index (χ0v) is 16.3. The molecule has 4 heteroatoms. The van der Waals surface area contributed by atoms with Crippen molar-refractivity contribution in [3.63, 3.8) is 0 Å². The Morgan fingerprint density at radius 2 is 2.08 bits per heavy atom. The van der Waals surface area contributed by atoms with Gasteiger partial charge in [-0.25, -0.2) is 0 Å². The van der Waals surface area contributed by atoms with Crippen LogP contribution >= 0.6 is 0 Å². The standard InChI is InChI=1S/C22H33N3O/c1-3-6-18(2)15-22(26)24-12-9-19-10-13-25(14-11-19)17-21-8-5-4-7-20(21)16-23/h4-5,7-8,18-19H,3,6,9-15,17H2,1-2H3,(H,24,26). The second kappa shape index (κ2) is 11.0. The van der Waals surface area contributed by atoms with Crippen LogP contribution in [0.4, 0.5) is 0 Å². The minimum absolute atomic E-state index is 0.205. The average molecular weight is 356 g/mol. The fourth-order valence-electron chi connectivity index (χ4n) is 3.84. The van der Waals surface area contributed by atoms with E-state index in [0.717, 1.165) is 56.6 Å². The first-order chi connectivity index (χ1) is 12.6.